The van der Waals surface area contributed by atoms with Crippen molar-refractivity contribution in [2.75, 3.05) is 18.4 Å². The molecule has 1 unspecified atom stereocenters. The fraction of sp³-hybridized carbons (Fsp3) is 0.438. The Morgan fingerprint density at radius 1 is 1.46 bits per heavy atom. The third-order valence-electron chi connectivity index (χ3n) is 4.18. The molecule has 26 heavy (non-hydrogen) atoms. The molecule has 0 radical (unpaired) electrons. The number of anilines is 1. The topological polar surface area (TPSA) is 101 Å². The number of furan rings is 1. The van der Waals surface area contributed by atoms with Gasteiger partial charge in [0.2, 0.25) is 5.91 Å². The van der Waals surface area contributed by atoms with Crippen LogP contribution in [-0.2, 0) is 11.2 Å². The number of likely N-dealkylation sites (tertiary alicyclic amines) is 1. The molecule has 0 bridgehead atoms. The number of nitrogens with one attached hydrogen (secondary N) is 1. The number of carbonyl (C=O) groups excluding carboxylic acids is 2. The van der Waals surface area contributed by atoms with Crippen LogP contribution in [0.5, 0.6) is 0 Å². The SMILES string of the molecule is Cc1occc1C(=O)Nc1nc(CC(=O)N2CCCC2CN)cs1.Cl.Cl. The molecule has 2 aromatic rings. The van der Waals surface area contributed by atoms with Gasteiger partial charge in [-0.1, -0.05) is 0 Å². The van der Waals surface area contributed by atoms with Crippen LogP contribution in [0.15, 0.2) is 22.1 Å². The molecule has 3 rings (SSSR count). The summed E-state index contributed by atoms with van der Waals surface area (Å²) < 4.78 is 5.12. The summed E-state index contributed by atoms with van der Waals surface area (Å²) in [5, 5.41) is 5.00. The lowest BCUT2D eigenvalue weighted by atomic mass is 10.2. The second-order valence-corrected chi connectivity index (χ2v) is 6.64. The Balaban J connectivity index is 0.00000169. The molecule has 0 spiro atoms. The molecular weight excluding hydrogens is 399 g/mol. The smallest absolute Gasteiger partial charge is 0.260 e. The standard InChI is InChI=1S/C16H20N4O3S.2ClH/c1-10-13(4-6-23-10)15(22)19-16-18-11(9-24-16)7-14(21)20-5-2-3-12(20)8-17;;/h4,6,9,12H,2-3,5,7-8,17H2,1H3,(H,18,19,22);2*1H. The van der Waals surface area contributed by atoms with Crippen molar-refractivity contribution < 1.29 is 14.0 Å². The van der Waals surface area contributed by atoms with E-state index in [1.807, 2.05) is 4.90 Å². The molecule has 2 amide bonds. The lowest BCUT2D eigenvalue weighted by Crippen LogP contribution is -2.40. The first-order valence-corrected chi connectivity index (χ1v) is 8.76. The third kappa shape index (κ3) is 4.97. The number of thiazole rings is 1. The van der Waals surface area contributed by atoms with Crippen molar-refractivity contribution >= 4 is 53.1 Å². The van der Waals surface area contributed by atoms with Crippen LogP contribution in [0.3, 0.4) is 0 Å². The zero-order chi connectivity index (χ0) is 17.1. The highest BCUT2D eigenvalue weighted by molar-refractivity contribution is 7.14. The quantitative estimate of drug-likeness (QED) is 0.773. The molecule has 1 aliphatic rings. The summed E-state index contributed by atoms with van der Waals surface area (Å²) in [5.41, 5.74) is 6.85. The summed E-state index contributed by atoms with van der Waals surface area (Å²) in [5.74, 6) is 0.328. The maximum Gasteiger partial charge on any atom is 0.260 e. The molecule has 10 heteroatoms. The number of nitrogens with two attached hydrogens (primary N) is 1. The van der Waals surface area contributed by atoms with Gasteiger partial charge >= 0.3 is 0 Å². The van der Waals surface area contributed by atoms with Crippen molar-refractivity contribution in [2.45, 2.75) is 32.2 Å². The van der Waals surface area contributed by atoms with Gasteiger partial charge in [0.15, 0.2) is 5.13 Å². The van der Waals surface area contributed by atoms with E-state index >= 15 is 0 Å². The molecule has 1 atom stereocenters. The molecule has 0 aliphatic carbocycles. The van der Waals surface area contributed by atoms with Crippen LogP contribution in [0.25, 0.3) is 0 Å². The number of nitrogens with zero attached hydrogens (tertiary/aromatic N) is 2. The average molecular weight is 421 g/mol. The maximum absolute atomic E-state index is 12.4. The van der Waals surface area contributed by atoms with Gasteiger partial charge < -0.3 is 15.1 Å². The molecular formula is C16H22Cl2N4O3S. The summed E-state index contributed by atoms with van der Waals surface area (Å²) in [6.07, 6.45) is 3.66. The fourth-order valence-electron chi connectivity index (χ4n) is 2.90. The van der Waals surface area contributed by atoms with Crippen LogP contribution in [0.4, 0.5) is 5.13 Å². The Morgan fingerprint density at radius 2 is 2.23 bits per heavy atom. The summed E-state index contributed by atoms with van der Waals surface area (Å²) in [7, 11) is 0. The van der Waals surface area contributed by atoms with E-state index in [4.69, 9.17) is 10.2 Å². The zero-order valence-electron chi connectivity index (χ0n) is 14.3. The first-order valence-electron chi connectivity index (χ1n) is 7.88. The zero-order valence-corrected chi connectivity index (χ0v) is 16.7. The molecule has 0 saturated carbocycles. The van der Waals surface area contributed by atoms with E-state index in [-0.39, 0.29) is 49.1 Å². The predicted molar refractivity (Wildman–Crippen MR) is 106 cm³/mol. The molecule has 0 aromatic carbocycles. The first-order chi connectivity index (χ1) is 11.6. The lowest BCUT2D eigenvalue weighted by molar-refractivity contribution is -0.131. The molecule has 1 aliphatic heterocycles. The largest absolute Gasteiger partial charge is 0.469 e. The summed E-state index contributed by atoms with van der Waals surface area (Å²) in [6, 6.07) is 1.75. The van der Waals surface area contributed by atoms with Gasteiger partial charge in [-0.25, -0.2) is 4.98 Å². The van der Waals surface area contributed by atoms with Crippen LogP contribution in [0.2, 0.25) is 0 Å². The van der Waals surface area contributed by atoms with Crippen molar-refractivity contribution in [3.8, 4) is 0 Å². The highest BCUT2D eigenvalue weighted by atomic mass is 35.5. The number of aromatic nitrogens is 1. The number of halogens is 2. The Labute approximate surface area is 168 Å². The van der Waals surface area contributed by atoms with Gasteiger partial charge in [-0.3, -0.25) is 14.9 Å². The Bertz CT molecular complexity index is 749. The van der Waals surface area contributed by atoms with Gasteiger partial charge in [-0.05, 0) is 25.8 Å². The normalized spacial score (nSPS) is 15.9. The van der Waals surface area contributed by atoms with Crippen LogP contribution >= 0.6 is 36.2 Å². The Hall–Kier alpha value is -1.61. The van der Waals surface area contributed by atoms with Gasteiger partial charge in [-0.15, -0.1) is 36.2 Å². The number of carbonyl (C=O) groups is 2. The number of aryl methyl sites for hydroxylation is 1. The third-order valence-corrected chi connectivity index (χ3v) is 4.98. The summed E-state index contributed by atoms with van der Waals surface area (Å²) >= 11 is 1.30. The Morgan fingerprint density at radius 3 is 2.88 bits per heavy atom. The molecule has 1 saturated heterocycles. The van der Waals surface area contributed by atoms with Crippen LogP contribution < -0.4 is 11.1 Å². The van der Waals surface area contributed by atoms with Gasteiger partial charge in [0, 0.05) is 24.5 Å². The van der Waals surface area contributed by atoms with Crippen molar-refractivity contribution in [3.05, 3.63) is 34.7 Å². The van der Waals surface area contributed by atoms with E-state index in [0.29, 0.717) is 28.7 Å². The van der Waals surface area contributed by atoms with Gasteiger partial charge in [0.05, 0.1) is 23.9 Å². The molecule has 3 N–H and O–H groups in total. The molecule has 7 nitrogen and oxygen atoms in total. The van der Waals surface area contributed by atoms with E-state index in [2.05, 4.69) is 10.3 Å². The van der Waals surface area contributed by atoms with E-state index in [0.717, 1.165) is 19.4 Å². The minimum Gasteiger partial charge on any atom is -0.469 e. The number of hydrogen-bond acceptors (Lipinski definition) is 6. The minimum absolute atomic E-state index is 0. The highest BCUT2D eigenvalue weighted by Gasteiger charge is 2.27. The average Bonchev–Trinajstić information content (AvgIpc) is 3.27. The second-order valence-electron chi connectivity index (χ2n) is 5.78. The van der Waals surface area contributed by atoms with Gasteiger partial charge in [-0.2, -0.15) is 0 Å². The number of hydrogen-bond donors (Lipinski definition) is 2. The van der Waals surface area contributed by atoms with E-state index < -0.39 is 0 Å². The Kier molecular flexibility index (Phi) is 8.55. The van der Waals surface area contributed by atoms with Gasteiger partial charge in [0.1, 0.15) is 5.76 Å². The second kappa shape index (κ2) is 9.91. The summed E-state index contributed by atoms with van der Waals surface area (Å²) in [4.78, 5) is 30.7. The van der Waals surface area contributed by atoms with Crippen molar-refractivity contribution in [2.24, 2.45) is 5.73 Å². The van der Waals surface area contributed by atoms with E-state index in [1.165, 1.54) is 17.6 Å². The molecule has 2 aromatic heterocycles. The van der Waals surface area contributed by atoms with E-state index in [9.17, 15) is 9.59 Å². The molecule has 3 heterocycles. The summed E-state index contributed by atoms with van der Waals surface area (Å²) in [6.45, 7) is 2.98. The predicted octanol–water partition coefficient (Wildman–Crippen LogP) is 2.63. The lowest BCUT2D eigenvalue weighted by Gasteiger charge is -2.23. The highest BCUT2D eigenvalue weighted by Crippen LogP contribution is 2.21. The van der Waals surface area contributed by atoms with Crippen LogP contribution in [0, 0.1) is 6.92 Å². The maximum atomic E-state index is 12.4. The fourth-order valence-corrected chi connectivity index (χ4v) is 3.60. The number of rotatable bonds is 5. The van der Waals surface area contributed by atoms with Gasteiger partial charge in [0.25, 0.3) is 5.91 Å². The van der Waals surface area contributed by atoms with Crippen molar-refractivity contribution in [1.29, 1.82) is 0 Å². The monoisotopic (exact) mass is 420 g/mol. The van der Waals surface area contributed by atoms with Crippen molar-refractivity contribution in [1.82, 2.24) is 9.88 Å². The number of amides is 2. The molecule has 144 valence electrons. The van der Waals surface area contributed by atoms with Crippen LogP contribution in [0.1, 0.15) is 34.7 Å². The molecule has 1 fully saturated rings. The van der Waals surface area contributed by atoms with E-state index in [1.54, 1.807) is 18.4 Å². The van der Waals surface area contributed by atoms with Crippen molar-refractivity contribution in [3.63, 3.8) is 0 Å². The first kappa shape index (κ1) is 22.4. The van der Waals surface area contributed by atoms with Crippen LogP contribution in [-0.4, -0.2) is 40.8 Å². The minimum atomic E-state index is -0.267.